The van der Waals surface area contributed by atoms with Crippen LogP contribution in [0.25, 0.3) is 0 Å². The number of esters is 1. The van der Waals surface area contributed by atoms with Gasteiger partial charge in [-0.25, -0.2) is 4.79 Å². The molecular weight excluding hydrogens is 340 g/mol. The molecule has 25 heavy (non-hydrogen) atoms. The Labute approximate surface area is 148 Å². The van der Waals surface area contributed by atoms with Gasteiger partial charge in [-0.3, -0.25) is 9.59 Å². The van der Waals surface area contributed by atoms with E-state index in [0.717, 1.165) is 10.6 Å². The fraction of sp³-hybridized carbons (Fsp3) is 0.167. The van der Waals surface area contributed by atoms with Gasteiger partial charge in [0.2, 0.25) is 5.91 Å². The van der Waals surface area contributed by atoms with E-state index in [1.54, 1.807) is 48.2 Å². The minimum absolute atomic E-state index is 0.0535. The maximum Gasteiger partial charge on any atom is 0.337 e. The van der Waals surface area contributed by atoms with E-state index in [2.05, 4.69) is 15.4 Å². The van der Waals surface area contributed by atoms with E-state index in [9.17, 15) is 14.4 Å². The highest BCUT2D eigenvalue weighted by atomic mass is 32.2. The number of hydrogen-bond donors (Lipinski definition) is 2. The van der Waals surface area contributed by atoms with Crippen molar-refractivity contribution in [3.05, 3.63) is 53.6 Å². The van der Waals surface area contributed by atoms with Crippen LogP contribution in [0.3, 0.4) is 0 Å². The molecule has 0 saturated heterocycles. The van der Waals surface area contributed by atoms with Crippen LogP contribution in [-0.2, 0) is 9.53 Å². The Kier molecular flexibility index (Phi) is 5.04. The predicted octanol–water partition coefficient (Wildman–Crippen LogP) is 3.16. The van der Waals surface area contributed by atoms with E-state index in [-0.39, 0.29) is 11.8 Å². The molecule has 2 amide bonds. The number of carbonyl (C=O) groups is 3. The second-order valence-corrected chi connectivity index (χ2v) is 6.52. The molecule has 0 aliphatic carbocycles. The number of ether oxygens (including phenoxy) is 1. The van der Waals surface area contributed by atoms with Crippen molar-refractivity contribution in [3.63, 3.8) is 0 Å². The smallest absolute Gasteiger partial charge is 0.337 e. The van der Waals surface area contributed by atoms with Gasteiger partial charge in [-0.15, -0.1) is 11.8 Å². The summed E-state index contributed by atoms with van der Waals surface area (Å²) in [6.07, 6.45) is 0.452. The first-order valence-electron chi connectivity index (χ1n) is 7.63. The first-order valence-corrected chi connectivity index (χ1v) is 8.62. The molecule has 0 radical (unpaired) electrons. The number of nitrogens with one attached hydrogen (secondary N) is 2. The zero-order chi connectivity index (χ0) is 17.8. The molecule has 0 atom stereocenters. The van der Waals surface area contributed by atoms with Crippen molar-refractivity contribution in [2.75, 3.05) is 23.5 Å². The van der Waals surface area contributed by atoms with Crippen LogP contribution < -0.4 is 10.6 Å². The standard InChI is InChI=1S/C18H16N2O4S/c1-24-18(23)11-2-5-13(6-3-11)19-17(22)12-4-7-15-14(10-12)20-16(21)8-9-25-15/h2-7,10H,8-9H2,1H3,(H,19,22)(H,20,21). The molecule has 0 spiro atoms. The molecule has 2 aromatic rings. The zero-order valence-corrected chi connectivity index (χ0v) is 14.3. The van der Waals surface area contributed by atoms with Crippen LogP contribution in [-0.4, -0.2) is 30.6 Å². The van der Waals surface area contributed by atoms with Gasteiger partial charge in [-0.1, -0.05) is 0 Å². The Balaban J connectivity index is 1.75. The molecule has 0 fully saturated rings. The van der Waals surface area contributed by atoms with Gasteiger partial charge in [-0.2, -0.15) is 0 Å². The minimum atomic E-state index is -0.433. The Bertz CT molecular complexity index is 833. The van der Waals surface area contributed by atoms with Crippen molar-refractivity contribution in [1.29, 1.82) is 0 Å². The number of methoxy groups -OCH3 is 1. The summed E-state index contributed by atoms with van der Waals surface area (Å²) in [5.74, 6) is -0.0621. The van der Waals surface area contributed by atoms with Crippen molar-refractivity contribution < 1.29 is 19.1 Å². The van der Waals surface area contributed by atoms with Crippen LogP contribution in [0.5, 0.6) is 0 Å². The molecule has 2 N–H and O–H groups in total. The third-order valence-electron chi connectivity index (χ3n) is 3.67. The van der Waals surface area contributed by atoms with Gasteiger partial charge in [0.15, 0.2) is 0 Å². The van der Waals surface area contributed by atoms with Gasteiger partial charge in [-0.05, 0) is 42.5 Å². The molecule has 1 aliphatic heterocycles. The summed E-state index contributed by atoms with van der Waals surface area (Å²) in [6.45, 7) is 0. The second-order valence-electron chi connectivity index (χ2n) is 5.38. The maximum atomic E-state index is 12.4. The molecule has 0 unspecified atom stereocenters. The first kappa shape index (κ1) is 17.0. The molecule has 0 aromatic heterocycles. The highest BCUT2D eigenvalue weighted by Crippen LogP contribution is 2.31. The Morgan fingerprint density at radius 1 is 1.12 bits per heavy atom. The topological polar surface area (TPSA) is 84.5 Å². The second kappa shape index (κ2) is 7.40. The molecule has 3 rings (SSSR count). The maximum absolute atomic E-state index is 12.4. The summed E-state index contributed by atoms with van der Waals surface area (Å²) in [7, 11) is 1.31. The van der Waals surface area contributed by atoms with Crippen molar-refractivity contribution in [2.24, 2.45) is 0 Å². The van der Waals surface area contributed by atoms with E-state index in [4.69, 9.17) is 0 Å². The number of anilines is 2. The van der Waals surface area contributed by atoms with E-state index in [0.29, 0.717) is 28.9 Å². The third-order valence-corrected chi connectivity index (χ3v) is 4.74. The van der Waals surface area contributed by atoms with Crippen LogP contribution in [0.4, 0.5) is 11.4 Å². The lowest BCUT2D eigenvalue weighted by Gasteiger charge is -2.10. The van der Waals surface area contributed by atoms with Crippen molar-refractivity contribution in [1.82, 2.24) is 0 Å². The lowest BCUT2D eigenvalue weighted by Crippen LogP contribution is -2.14. The van der Waals surface area contributed by atoms with Crippen molar-refractivity contribution in [3.8, 4) is 0 Å². The molecule has 1 aliphatic rings. The van der Waals surface area contributed by atoms with Crippen LogP contribution in [0.15, 0.2) is 47.4 Å². The van der Waals surface area contributed by atoms with Crippen LogP contribution in [0.1, 0.15) is 27.1 Å². The highest BCUT2D eigenvalue weighted by Gasteiger charge is 2.16. The number of fused-ring (bicyclic) bond motifs is 1. The summed E-state index contributed by atoms with van der Waals surface area (Å²) in [5.41, 5.74) is 2.07. The van der Waals surface area contributed by atoms with E-state index in [1.807, 2.05) is 6.07 Å². The molecule has 128 valence electrons. The van der Waals surface area contributed by atoms with Crippen LogP contribution in [0.2, 0.25) is 0 Å². The molecular formula is C18H16N2O4S. The molecule has 0 saturated carbocycles. The Morgan fingerprint density at radius 3 is 2.56 bits per heavy atom. The number of thioether (sulfide) groups is 1. The quantitative estimate of drug-likeness (QED) is 0.825. The summed E-state index contributed by atoms with van der Waals surface area (Å²) >= 11 is 1.59. The lowest BCUT2D eigenvalue weighted by molar-refractivity contribution is -0.115. The van der Waals surface area contributed by atoms with Gasteiger partial charge in [0, 0.05) is 28.3 Å². The van der Waals surface area contributed by atoms with Crippen LogP contribution >= 0.6 is 11.8 Å². The van der Waals surface area contributed by atoms with Crippen LogP contribution in [0, 0.1) is 0 Å². The van der Waals surface area contributed by atoms with Gasteiger partial charge in [0.25, 0.3) is 5.91 Å². The minimum Gasteiger partial charge on any atom is -0.465 e. The molecule has 6 nitrogen and oxygen atoms in total. The first-order chi connectivity index (χ1) is 12.1. The SMILES string of the molecule is COC(=O)c1ccc(NC(=O)c2ccc3c(c2)NC(=O)CCS3)cc1. The Morgan fingerprint density at radius 2 is 1.84 bits per heavy atom. The summed E-state index contributed by atoms with van der Waals surface area (Å²) in [6, 6.07) is 11.6. The van der Waals surface area contributed by atoms with Gasteiger partial charge >= 0.3 is 5.97 Å². The predicted molar refractivity (Wildman–Crippen MR) is 96.1 cm³/mol. The number of rotatable bonds is 3. The van der Waals surface area contributed by atoms with E-state index >= 15 is 0 Å². The monoisotopic (exact) mass is 356 g/mol. The Hall–Kier alpha value is -2.80. The van der Waals surface area contributed by atoms with Gasteiger partial charge < -0.3 is 15.4 Å². The molecule has 1 heterocycles. The zero-order valence-electron chi connectivity index (χ0n) is 13.5. The number of carbonyl (C=O) groups excluding carboxylic acids is 3. The number of hydrogen-bond acceptors (Lipinski definition) is 5. The van der Waals surface area contributed by atoms with E-state index < -0.39 is 5.97 Å². The van der Waals surface area contributed by atoms with Crippen molar-refractivity contribution in [2.45, 2.75) is 11.3 Å². The molecule has 7 heteroatoms. The average Bonchev–Trinajstić information content (AvgIpc) is 2.81. The summed E-state index contributed by atoms with van der Waals surface area (Å²) in [5, 5.41) is 5.58. The highest BCUT2D eigenvalue weighted by molar-refractivity contribution is 7.99. The van der Waals surface area contributed by atoms with E-state index in [1.165, 1.54) is 7.11 Å². The van der Waals surface area contributed by atoms with Gasteiger partial charge in [0.05, 0.1) is 18.4 Å². The lowest BCUT2D eigenvalue weighted by atomic mass is 10.1. The number of amides is 2. The summed E-state index contributed by atoms with van der Waals surface area (Å²) < 4.78 is 4.64. The molecule has 2 aromatic carbocycles. The summed E-state index contributed by atoms with van der Waals surface area (Å²) in [4.78, 5) is 36.4. The van der Waals surface area contributed by atoms with Crippen molar-refractivity contribution >= 4 is 40.9 Å². The largest absolute Gasteiger partial charge is 0.465 e. The fourth-order valence-corrected chi connectivity index (χ4v) is 3.31. The number of benzene rings is 2. The normalized spacial score (nSPS) is 13.2. The molecule has 0 bridgehead atoms. The average molecular weight is 356 g/mol. The van der Waals surface area contributed by atoms with Gasteiger partial charge in [0.1, 0.15) is 0 Å². The fourth-order valence-electron chi connectivity index (χ4n) is 2.37. The third kappa shape index (κ3) is 4.00.